The van der Waals surface area contributed by atoms with E-state index in [0.717, 1.165) is 33.4 Å². The van der Waals surface area contributed by atoms with Crippen molar-refractivity contribution < 1.29 is 22.8 Å². The first-order chi connectivity index (χ1) is 21.1. The lowest BCUT2D eigenvalue weighted by Gasteiger charge is -2.31. The Morgan fingerprint density at radius 2 is 1.48 bits per heavy atom. The minimum atomic E-state index is -2.72. The van der Waals surface area contributed by atoms with Crippen molar-refractivity contribution in [1.82, 2.24) is 15.2 Å². The quantitative estimate of drug-likeness (QED) is 0.218. The van der Waals surface area contributed by atoms with Crippen LogP contribution in [0.1, 0.15) is 34.3 Å². The van der Waals surface area contributed by atoms with Crippen molar-refractivity contribution in [3.63, 3.8) is 0 Å². The van der Waals surface area contributed by atoms with Crippen molar-refractivity contribution in [2.24, 2.45) is 0 Å². The standard InChI is InChI=1S/C35H31F3N4O2/c36-31-11-9-27(10-12-31)30-21-25(2-1-17-40-33(43)14-4-24-3-13-32(39)41-23-24)20-29(22-30)26-5-7-28(8-6-26)34(44)42-18-15-35(37,38)16-19-42/h1-14,20-23H,15-19H2,(H2,39,41)(H,40,43)/b2-1?,14-4+. The number of carbonyl (C=O) groups excluding carboxylic acids is 2. The molecular formula is C35H31F3N4O2. The number of hydrogen-bond acceptors (Lipinski definition) is 4. The third kappa shape index (κ3) is 8.01. The van der Waals surface area contributed by atoms with Gasteiger partial charge in [0.05, 0.1) is 0 Å². The van der Waals surface area contributed by atoms with E-state index in [2.05, 4.69) is 10.3 Å². The van der Waals surface area contributed by atoms with Crippen LogP contribution in [-0.4, -0.2) is 47.3 Å². The number of aromatic nitrogens is 1. The third-order valence-electron chi connectivity index (χ3n) is 7.32. The monoisotopic (exact) mass is 596 g/mol. The summed E-state index contributed by atoms with van der Waals surface area (Å²) in [5.74, 6) is -3.18. The van der Waals surface area contributed by atoms with E-state index in [1.165, 1.54) is 23.1 Å². The number of halogens is 3. The smallest absolute Gasteiger partial charge is 0.253 e. The minimum absolute atomic E-state index is 0.0276. The molecule has 0 bridgehead atoms. The van der Waals surface area contributed by atoms with Gasteiger partial charge in [0.25, 0.3) is 11.8 Å². The molecule has 5 rings (SSSR count). The number of anilines is 1. The van der Waals surface area contributed by atoms with E-state index in [9.17, 15) is 22.8 Å². The molecule has 3 aromatic carbocycles. The van der Waals surface area contributed by atoms with Gasteiger partial charge >= 0.3 is 0 Å². The van der Waals surface area contributed by atoms with Gasteiger partial charge < -0.3 is 16.0 Å². The van der Waals surface area contributed by atoms with Gasteiger partial charge in [-0.2, -0.15) is 0 Å². The Labute approximate surface area is 253 Å². The predicted octanol–water partition coefficient (Wildman–Crippen LogP) is 6.85. The molecule has 6 nitrogen and oxygen atoms in total. The number of amides is 2. The predicted molar refractivity (Wildman–Crippen MR) is 167 cm³/mol. The second-order valence-corrected chi connectivity index (χ2v) is 10.6. The van der Waals surface area contributed by atoms with Crippen LogP contribution in [0.3, 0.4) is 0 Å². The first-order valence-electron chi connectivity index (χ1n) is 14.2. The van der Waals surface area contributed by atoms with Gasteiger partial charge in [-0.25, -0.2) is 18.2 Å². The molecule has 1 aliphatic rings. The maximum absolute atomic E-state index is 13.6. The van der Waals surface area contributed by atoms with Crippen molar-refractivity contribution in [3.05, 3.63) is 120 Å². The van der Waals surface area contributed by atoms with Crippen molar-refractivity contribution in [3.8, 4) is 22.3 Å². The highest BCUT2D eigenvalue weighted by molar-refractivity contribution is 5.95. The highest BCUT2D eigenvalue weighted by Gasteiger charge is 2.35. The zero-order valence-corrected chi connectivity index (χ0v) is 23.9. The summed E-state index contributed by atoms with van der Waals surface area (Å²) >= 11 is 0. The van der Waals surface area contributed by atoms with Crippen LogP contribution in [0, 0.1) is 5.82 Å². The van der Waals surface area contributed by atoms with Gasteiger partial charge in [0.15, 0.2) is 0 Å². The van der Waals surface area contributed by atoms with E-state index >= 15 is 0 Å². The summed E-state index contributed by atoms with van der Waals surface area (Å²) < 4.78 is 40.7. The average Bonchev–Trinajstić information content (AvgIpc) is 3.03. The SMILES string of the molecule is Nc1ccc(/C=C/C(=O)NCC=Cc2cc(-c3ccc(F)cc3)cc(-c3ccc(C(=O)N4CCC(F)(F)CC4)cc3)c2)cn1. The molecular weight excluding hydrogens is 565 g/mol. The highest BCUT2D eigenvalue weighted by atomic mass is 19.3. The normalized spacial score (nSPS) is 14.7. The van der Waals surface area contributed by atoms with Crippen LogP contribution in [0.5, 0.6) is 0 Å². The molecule has 44 heavy (non-hydrogen) atoms. The van der Waals surface area contributed by atoms with Crippen LogP contribution in [0.4, 0.5) is 19.0 Å². The summed E-state index contributed by atoms with van der Waals surface area (Å²) in [4.78, 5) is 30.6. The number of likely N-dealkylation sites (tertiary alicyclic amines) is 1. The number of alkyl halides is 2. The number of carbonyl (C=O) groups is 2. The number of nitrogens with zero attached hydrogens (tertiary/aromatic N) is 2. The Morgan fingerprint density at radius 1 is 0.841 bits per heavy atom. The topological polar surface area (TPSA) is 88.3 Å². The van der Waals surface area contributed by atoms with Crippen molar-refractivity contribution in [2.45, 2.75) is 18.8 Å². The molecule has 224 valence electrons. The van der Waals surface area contributed by atoms with Crippen LogP contribution in [0.15, 0.2) is 97.2 Å². The summed E-state index contributed by atoms with van der Waals surface area (Å²) in [5.41, 5.74) is 11.0. The molecule has 1 saturated heterocycles. The number of nitrogens with two attached hydrogens (primary N) is 1. The lowest BCUT2D eigenvalue weighted by molar-refractivity contribution is -0.116. The lowest BCUT2D eigenvalue weighted by Crippen LogP contribution is -2.42. The van der Waals surface area contributed by atoms with E-state index in [1.54, 1.807) is 48.7 Å². The molecule has 0 radical (unpaired) electrons. The Bertz CT molecular complexity index is 1670. The second kappa shape index (κ2) is 13.4. The number of nitrogens with one attached hydrogen (secondary N) is 1. The highest BCUT2D eigenvalue weighted by Crippen LogP contribution is 2.31. The van der Waals surface area contributed by atoms with Gasteiger partial charge in [-0.1, -0.05) is 36.4 Å². The van der Waals surface area contributed by atoms with Crippen LogP contribution in [0.2, 0.25) is 0 Å². The average molecular weight is 597 g/mol. The molecule has 0 aliphatic carbocycles. The summed E-state index contributed by atoms with van der Waals surface area (Å²) in [6.45, 7) is 0.345. The van der Waals surface area contributed by atoms with Gasteiger partial charge in [-0.05, 0) is 94.1 Å². The molecule has 3 N–H and O–H groups in total. The lowest BCUT2D eigenvalue weighted by atomic mass is 9.95. The largest absolute Gasteiger partial charge is 0.384 e. The van der Waals surface area contributed by atoms with E-state index in [0.29, 0.717) is 17.9 Å². The first kappa shape index (κ1) is 30.3. The zero-order chi connectivity index (χ0) is 31.1. The summed E-state index contributed by atoms with van der Waals surface area (Å²) in [6.07, 6.45) is 7.70. The minimum Gasteiger partial charge on any atom is -0.384 e. The van der Waals surface area contributed by atoms with E-state index in [4.69, 9.17) is 5.73 Å². The van der Waals surface area contributed by atoms with E-state index in [1.807, 2.05) is 42.5 Å². The summed E-state index contributed by atoms with van der Waals surface area (Å²) in [6, 6.07) is 22.6. The molecule has 9 heteroatoms. The number of benzene rings is 3. The van der Waals surface area contributed by atoms with Gasteiger partial charge in [-0.15, -0.1) is 0 Å². The Hall–Kier alpha value is -5.18. The van der Waals surface area contributed by atoms with E-state index in [-0.39, 0.29) is 43.6 Å². The van der Waals surface area contributed by atoms with Crippen molar-refractivity contribution in [1.29, 1.82) is 0 Å². The molecule has 0 saturated carbocycles. The number of nitrogen functional groups attached to an aromatic ring is 1. The molecule has 0 unspecified atom stereocenters. The number of rotatable bonds is 8. The van der Waals surface area contributed by atoms with Crippen LogP contribution >= 0.6 is 0 Å². The Kier molecular flexibility index (Phi) is 9.23. The van der Waals surface area contributed by atoms with Crippen LogP contribution in [-0.2, 0) is 4.79 Å². The van der Waals surface area contributed by atoms with Crippen LogP contribution in [0.25, 0.3) is 34.4 Å². The van der Waals surface area contributed by atoms with Gasteiger partial charge in [0.2, 0.25) is 5.91 Å². The van der Waals surface area contributed by atoms with E-state index < -0.39 is 5.92 Å². The Morgan fingerprint density at radius 3 is 2.09 bits per heavy atom. The first-order valence-corrected chi connectivity index (χ1v) is 14.2. The molecule has 0 atom stereocenters. The Balaban J connectivity index is 1.31. The fourth-order valence-electron chi connectivity index (χ4n) is 4.85. The van der Waals surface area contributed by atoms with Gasteiger partial charge in [0, 0.05) is 50.3 Å². The summed E-state index contributed by atoms with van der Waals surface area (Å²) in [7, 11) is 0. The molecule has 1 aromatic heterocycles. The van der Waals surface area contributed by atoms with Gasteiger partial charge in [-0.3, -0.25) is 9.59 Å². The number of pyridine rings is 1. The number of piperidine rings is 1. The molecule has 2 heterocycles. The fourth-order valence-corrected chi connectivity index (χ4v) is 4.85. The molecule has 1 fully saturated rings. The number of hydrogen-bond donors (Lipinski definition) is 2. The molecule has 4 aromatic rings. The maximum Gasteiger partial charge on any atom is 0.253 e. The van der Waals surface area contributed by atoms with Crippen molar-refractivity contribution in [2.75, 3.05) is 25.4 Å². The second-order valence-electron chi connectivity index (χ2n) is 10.6. The zero-order valence-electron chi connectivity index (χ0n) is 23.9. The van der Waals surface area contributed by atoms with Crippen LogP contribution < -0.4 is 11.1 Å². The maximum atomic E-state index is 13.6. The molecule has 2 amide bonds. The fraction of sp³-hybridized carbons (Fsp3) is 0.171. The molecule has 0 spiro atoms. The molecule has 1 aliphatic heterocycles. The summed E-state index contributed by atoms with van der Waals surface area (Å²) in [5, 5.41) is 2.80. The van der Waals surface area contributed by atoms with Gasteiger partial charge in [0.1, 0.15) is 11.6 Å². The third-order valence-corrected chi connectivity index (χ3v) is 7.32. The van der Waals surface area contributed by atoms with Crippen molar-refractivity contribution >= 4 is 29.8 Å².